The molecule has 0 radical (unpaired) electrons. The SMILES string of the molecule is COc1cc2c(Oc3cccc(NC(=O)C4(C(=O)Nc5ccc(F)cc5)CC4)c3Cl)ccnc2cc1OCC(=O)O.[Ca+2].[H-].[H-]. The normalized spacial score (nSPS) is 12.9. The Bertz CT molecular complexity index is 1680. The van der Waals surface area contributed by atoms with Gasteiger partial charge in [-0.2, -0.15) is 0 Å². The van der Waals surface area contributed by atoms with E-state index in [1.807, 2.05) is 0 Å². The monoisotopic (exact) mass is 621 g/mol. The fourth-order valence-corrected chi connectivity index (χ4v) is 4.35. The Labute approximate surface area is 277 Å². The van der Waals surface area contributed by atoms with Gasteiger partial charge in [-0.25, -0.2) is 9.18 Å². The fraction of sp³-hybridized carbons (Fsp3) is 0.172. The first-order valence-electron chi connectivity index (χ1n) is 12.4. The standard InChI is InChI=1S/C29H23ClFN3O7.Ca.2H/c1-39-23-13-18-20(14-24(23)40-15-25(35)36)32-12-9-21(18)41-22-4-2-3-19(26(22)30)34-28(38)29(10-11-29)27(37)33-17-7-5-16(31)6-8-17;;;/h2-9,12-14H,10-11,15H2,1H3,(H,33,37)(H,34,38)(H,35,36);;;/q;+2;2*-1. The van der Waals surface area contributed by atoms with Crippen LogP contribution in [0.2, 0.25) is 5.02 Å². The molecular weight excluding hydrogens is 597 g/mol. The number of benzene rings is 3. The first kappa shape index (κ1) is 31.3. The van der Waals surface area contributed by atoms with Gasteiger partial charge in [-0.15, -0.1) is 0 Å². The number of nitrogens with zero attached hydrogens (tertiary/aromatic N) is 1. The summed E-state index contributed by atoms with van der Waals surface area (Å²) in [4.78, 5) is 41.3. The van der Waals surface area contributed by atoms with Crippen molar-refractivity contribution in [2.45, 2.75) is 12.8 Å². The molecule has 0 unspecified atom stereocenters. The average Bonchev–Trinajstić information content (AvgIpc) is 3.77. The minimum absolute atomic E-state index is 0. The largest absolute Gasteiger partial charge is 2.00 e. The van der Waals surface area contributed by atoms with Crippen LogP contribution in [0.5, 0.6) is 23.0 Å². The number of fused-ring (bicyclic) bond motifs is 1. The number of pyridine rings is 1. The van der Waals surface area contributed by atoms with Gasteiger partial charge < -0.3 is 32.8 Å². The maximum absolute atomic E-state index is 13.2. The third-order valence-electron chi connectivity index (χ3n) is 6.49. The summed E-state index contributed by atoms with van der Waals surface area (Å²) < 4.78 is 30.0. The van der Waals surface area contributed by atoms with Crippen LogP contribution in [0, 0.1) is 11.2 Å². The van der Waals surface area contributed by atoms with E-state index in [-0.39, 0.29) is 68.6 Å². The second-order valence-electron chi connectivity index (χ2n) is 9.23. The van der Waals surface area contributed by atoms with Gasteiger partial charge in [0.2, 0.25) is 11.8 Å². The van der Waals surface area contributed by atoms with Crippen molar-refractivity contribution in [3.05, 3.63) is 77.7 Å². The summed E-state index contributed by atoms with van der Waals surface area (Å²) in [5, 5.41) is 15.0. The van der Waals surface area contributed by atoms with Crippen molar-refractivity contribution >= 4 is 89.4 Å². The second kappa shape index (κ2) is 13.1. The van der Waals surface area contributed by atoms with Gasteiger partial charge in [-0.1, -0.05) is 17.7 Å². The van der Waals surface area contributed by atoms with Gasteiger partial charge in [-0.05, 0) is 61.4 Å². The molecule has 3 N–H and O–H groups in total. The smallest absolute Gasteiger partial charge is 1.00 e. The van der Waals surface area contributed by atoms with Crippen molar-refractivity contribution in [3.63, 3.8) is 0 Å². The number of anilines is 2. The number of nitrogens with one attached hydrogen (secondary N) is 2. The number of aromatic nitrogens is 1. The Morgan fingerprint density at radius 1 is 1.00 bits per heavy atom. The molecule has 0 atom stereocenters. The third kappa shape index (κ3) is 6.70. The number of carbonyl (C=O) groups excluding carboxylic acids is 2. The van der Waals surface area contributed by atoms with Crippen molar-refractivity contribution in [2.75, 3.05) is 24.4 Å². The zero-order valence-electron chi connectivity index (χ0n) is 24.3. The molecule has 1 aliphatic carbocycles. The molecule has 1 aliphatic rings. The van der Waals surface area contributed by atoms with E-state index in [0.717, 1.165) is 0 Å². The third-order valence-corrected chi connectivity index (χ3v) is 6.88. The molecule has 4 aromatic rings. The molecule has 5 rings (SSSR count). The van der Waals surface area contributed by atoms with E-state index in [1.165, 1.54) is 43.6 Å². The molecular formula is C29H25CaClFN3O7. The minimum atomic E-state index is -1.27. The number of amides is 2. The number of ether oxygens (including phenoxy) is 3. The molecule has 214 valence electrons. The van der Waals surface area contributed by atoms with Crippen LogP contribution in [0.25, 0.3) is 10.9 Å². The number of carboxylic acid groups (broad SMARTS) is 1. The molecule has 2 amide bonds. The maximum atomic E-state index is 13.2. The van der Waals surface area contributed by atoms with E-state index in [9.17, 15) is 18.8 Å². The summed E-state index contributed by atoms with van der Waals surface area (Å²) in [6.45, 7) is -0.554. The van der Waals surface area contributed by atoms with Crippen LogP contribution in [-0.2, 0) is 14.4 Å². The number of hydrogen-bond donors (Lipinski definition) is 3. The van der Waals surface area contributed by atoms with Crippen LogP contribution >= 0.6 is 11.6 Å². The average molecular weight is 622 g/mol. The minimum Gasteiger partial charge on any atom is -1.00 e. The van der Waals surface area contributed by atoms with E-state index in [4.69, 9.17) is 30.9 Å². The van der Waals surface area contributed by atoms with E-state index < -0.39 is 35.6 Å². The molecule has 1 fully saturated rings. The summed E-state index contributed by atoms with van der Waals surface area (Å²) in [7, 11) is 1.42. The van der Waals surface area contributed by atoms with Crippen molar-refractivity contribution < 1.29 is 40.9 Å². The Kier molecular flexibility index (Phi) is 9.78. The number of carboxylic acids is 1. The zero-order valence-corrected chi connectivity index (χ0v) is 25.2. The molecule has 0 bridgehead atoms. The number of rotatable bonds is 10. The zero-order chi connectivity index (χ0) is 29.1. The quantitative estimate of drug-likeness (QED) is 0.156. The van der Waals surface area contributed by atoms with Crippen LogP contribution in [0.4, 0.5) is 15.8 Å². The van der Waals surface area contributed by atoms with Crippen molar-refractivity contribution in [1.29, 1.82) is 0 Å². The van der Waals surface area contributed by atoms with E-state index >= 15 is 0 Å². The van der Waals surface area contributed by atoms with Gasteiger partial charge in [0.15, 0.2) is 18.1 Å². The van der Waals surface area contributed by atoms with Crippen LogP contribution < -0.4 is 24.8 Å². The van der Waals surface area contributed by atoms with Gasteiger partial charge in [0, 0.05) is 23.3 Å². The summed E-state index contributed by atoms with van der Waals surface area (Å²) in [5.74, 6) is -1.53. The summed E-state index contributed by atoms with van der Waals surface area (Å²) in [5.41, 5.74) is -0.194. The number of halogens is 2. The first-order chi connectivity index (χ1) is 19.7. The molecule has 3 aromatic carbocycles. The maximum Gasteiger partial charge on any atom is 2.00 e. The predicted molar refractivity (Wildman–Crippen MR) is 156 cm³/mol. The first-order valence-corrected chi connectivity index (χ1v) is 12.7. The Balaban J connectivity index is 0.00000225. The summed E-state index contributed by atoms with van der Waals surface area (Å²) in [6.07, 6.45) is 2.20. The molecule has 10 nitrogen and oxygen atoms in total. The van der Waals surface area contributed by atoms with Gasteiger partial charge in [0.05, 0.1) is 18.3 Å². The van der Waals surface area contributed by atoms with Gasteiger partial charge in [-0.3, -0.25) is 14.6 Å². The molecule has 13 heteroatoms. The second-order valence-corrected chi connectivity index (χ2v) is 9.61. The van der Waals surface area contributed by atoms with Gasteiger partial charge >= 0.3 is 43.7 Å². The van der Waals surface area contributed by atoms with Crippen molar-refractivity contribution in [1.82, 2.24) is 4.98 Å². The summed E-state index contributed by atoms with van der Waals surface area (Å²) >= 11 is 6.61. The number of aliphatic carboxylic acids is 1. The van der Waals surface area contributed by atoms with E-state index in [2.05, 4.69) is 15.6 Å². The predicted octanol–water partition coefficient (Wildman–Crippen LogP) is 5.49. The van der Waals surface area contributed by atoms with E-state index in [0.29, 0.717) is 35.2 Å². The molecule has 1 heterocycles. The molecule has 42 heavy (non-hydrogen) atoms. The Morgan fingerprint density at radius 3 is 2.38 bits per heavy atom. The molecule has 0 saturated heterocycles. The van der Waals surface area contributed by atoms with Crippen molar-refractivity contribution in [2.24, 2.45) is 5.41 Å². The molecule has 1 saturated carbocycles. The van der Waals surface area contributed by atoms with Crippen LogP contribution in [0.15, 0.2) is 66.9 Å². The number of carbonyl (C=O) groups is 3. The molecule has 0 aliphatic heterocycles. The molecule has 1 aromatic heterocycles. The van der Waals surface area contributed by atoms with Gasteiger partial charge in [0.1, 0.15) is 27.8 Å². The molecule has 0 spiro atoms. The van der Waals surface area contributed by atoms with Crippen LogP contribution in [-0.4, -0.2) is 79.3 Å². The summed E-state index contributed by atoms with van der Waals surface area (Å²) in [6, 6.07) is 14.9. The van der Waals surface area contributed by atoms with Crippen LogP contribution in [0.3, 0.4) is 0 Å². The number of methoxy groups -OCH3 is 1. The van der Waals surface area contributed by atoms with Crippen molar-refractivity contribution in [3.8, 4) is 23.0 Å². The Morgan fingerprint density at radius 2 is 1.71 bits per heavy atom. The van der Waals surface area contributed by atoms with E-state index in [1.54, 1.807) is 30.3 Å². The van der Waals surface area contributed by atoms with Crippen LogP contribution in [0.1, 0.15) is 15.7 Å². The topological polar surface area (TPSA) is 136 Å². The number of hydrogen-bond acceptors (Lipinski definition) is 7. The Hall–Kier alpha value is -3.64. The fourth-order valence-electron chi connectivity index (χ4n) is 4.14. The van der Waals surface area contributed by atoms with Gasteiger partial charge in [0.25, 0.3) is 0 Å².